The van der Waals surface area contributed by atoms with Crippen molar-refractivity contribution in [2.45, 2.75) is 53.8 Å². The molecule has 0 aliphatic carbocycles. The van der Waals surface area contributed by atoms with Crippen LogP contribution in [0.15, 0.2) is 60.7 Å². The van der Waals surface area contributed by atoms with E-state index < -0.39 is 0 Å². The van der Waals surface area contributed by atoms with Crippen molar-refractivity contribution >= 4 is 0 Å². The van der Waals surface area contributed by atoms with E-state index in [0.29, 0.717) is 11.8 Å². The van der Waals surface area contributed by atoms with E-state index in [4.69, 9.17) is 9.47 Å². The molecule has 0 aromatic heterocycles. The molecule has 0 fully saturated rings. The maximum Gasteiger partial charge on any atom is 0.0856 e. The van der Waals surface area contributed by atoms with Gasteiger partial charge < -0.3 is 9.47 Å². The van der Waals surface area contributed by atoms with Gasteiger partial charge >= 0.3 is 0 Å². The van der Waals surface area contributed by atoms with E-state index in [2.05, 4.69) is 88.4 Å². The number of rotatable bonds is 8. The van der Waals surface area contributed by atoms with Gasteiger partial charge in [-0.3, -0.25) is 0 Å². The topological polar surface area (TPSA) is 18.5 Å². The molecule has 144 valence electrons. The van der Waals surface area contributed by atoms with E-state index in [1.165, 1.54) is 11.1 Å². The summed E-state index contributed by atoms with van der Waals surface area (Å²) in [6, 6.07) is 21.1. The summed E-state index contributed by atoms with van der Waals surface area (Å²) >= 11 is 0. The van der Waals surface area contributed by atoms with Crippen molar-refractivity contribution in [2.24, 2.45) is 11.8 Å². The fourth-order valence-electron chi connectivity index (χ4n) is 2.89. The minimum Gasteiger partial charge on any atom is -0.382 e. The second kappa shape index (κ2) is 12.7. The summed E-state index contributed by atoms with van der Waals surface area (Å²) in [5, 5.41) is 0. The van der Waals surface area contributed by atoms with Gasteiger partial charge in [-0.1, -0.05) is 88.4 Å². The SMILES string of the molecule is CC(C)C(OC(c1ccccc1)C(C)C)c1ccccc1.CCOCC. The predicted octanol–water partition coefficient (Wildman–Crippen LogP) is 6.84. The van der Waals surface area contributed by atoms with Crippen molar-refractivity contribution in [3.05, 3.63) is 71.8 Å². The monoisotopic (exact) mass is 356 g/mol. The number of hydrogen-bond donors (Lipinski definition) is 0. The van der Waals surface area contributed by atoms with Crippen LogP contribution in [0.4, 0.5) is 0 Å². The Morgan fingerprint density at radius 2 is 0.962 bits per heavy atom. The highest BCUT2D eigenvalue weighted by Crippen LogP contribution is 2.35. The average Bonchev–Trinajstić information content (AvgIpc) is 2.64. The van der Waals surface area contributed by atoms with Crippen LogP contribution in [-0.2, 0) is 9.47 Å². The van der Waals surface area contributed by atoms with Gasteiger partial charge in [-0.15, -0.1) is 0 Å². The molecular weight excluding hydrogens is 320 g/mol. The molecule has 0 N–H and O–H groups in total. The van der Waals surface area contributed by atoms with Crippen LogP contribution >= 0.6 is 0 Å². The molecule has 0 saturated carbocycles. The van der Waals surface area contributed by atoms with E-state index in [1.54, 1.807) is 0 Å². The van der Waals surface area contributed by atoms with E-state index in [9.17, 15) is 0 Å². The van der Waals surface area contributed by atoms with Crippen LogP contribution in [0.2, 0.25) is 0 Å². The summed E-state index contributed by atoms with van der Waals surface area (Å²) in [6.07, 6.45) is 0.248. The van der Waals surface area contributed by atoms with Crippen molar-refractivity contribution in [3.63, 3.8) is 0 Å². The van der Waals surface area contributed by atoms with Crippen molar-refractivity contribution in [2.75, 3.05) is 13.2 Å². The normalized spacial score (nSPS) is 13.2. The van der Waals surface area contributed by atoms with Gasteiger partial charge in [0.15, 0.2) is 0 Å². The lowest BCUT2D eigenvalue weighted by atomic mass is 9.95. The summed E-state index contributed by atoms with van der Waals surface area (Å²) in [5.41, 5.74) is 2.52. The molecule has 2 aromatic carbocycles. The zero-order chi connectivity index (χ0) is 19.4. The van der Waals surface area contributed by atoms with Crippen LogP contribution in [0.1, 0.15) is 64.9 Å². The molecule has 2 rings (SSSR count). The molecule has 0 heterocycles. The Bertz CT molecular complexity index is 512. The molecule has 2 heteroatoms. The fraction of sp³-hybridized carbons (Fsp3) is 0.500. The smallest absolute Gasteiger partial charge is 0.0856 e. The first-order chi connectivity index (χ1) is 12.5. The lowest BCUT2D eigenvalue weighted by Gasteiger charge is -2.30. The third-order valence-electron chi connectivity index (χ3n) is 4.17. The molecule has 0 bridgehead atoms. The highest BCUT2D eigenvalue weighted by Gasteiger charge is 2.24. The highest BCUT2D eigenvalue weighted by atomic mass is 16.5. The van der Waals surface area contributed by atoms with E-state index >= 15 is 0 Å². The maximum atomic E-state index is 6.55. The summed E-state index contributed by atoms with van der Waals surface area (Å²) < 4.78 is 11.4. The van der Waals surface area contributed by atoms with Gasteiger partial charge in [-0.2, -0.15) is 0 Å². The van der Waals surface area contributed by atoms with E-state index in [1.807, 2.05) is 13.8 Å². The molecule has 0 saturated heterocycles. The van der Waals surface area contributed by atoms with Gasteiger partial charge in [-0.25, -0.2) is 0 Å². The molecule has 2 aromatic rings. The molecule has 0 spiro atoms. The first kappa shape index (κ1) is 22.4. The van der Waals surface area contributed by atoms with Crippen molar-refractivity contribution in [1.29, 1.82) is 0 Å². The van der Waals surface area contributed by atoms with E-state index in [-0.39, 0.29) is 12.2 Å². The van der Waals surface area contributed by atoms with Gasteiger partial charge in [0.05, 0.1) is 12.2 Å². The first-order valence-electron chi connectivity index (χ1n) is 9.84. The lowest BCUT2D eigenvalue weighted by molar-refractivity contribution is -0.0610. The second-order valence-electron chi connectivity index (χ2n) is 7.07. The van der Waals surface area contributed by atoms with Crippen molar-refractivity contribution in [3.8, 4) is 0 Å². The quantitative estimate of drug-likeness (QED) is 0.515. The highest BCUT2D eigenvalue weighted by molar-refractivity contribution is 5.21. The number of ether oxygens (including phenoxy) is 2. The first-order valence-corrected chi connectivity index (χ1v) is 9.84. The summed E-state index contributed by atoms with van der Waals surface area (Å²) in [7, 11) is 0. The summed E-state index contributed by atoms with van der Waals surface area (Å²) in [4.78, 5) is 0. The molecule has 0 aliphatic rings. The van der Waals surface area contributed by atoms with Crippen LogP contribution in [0.5, 0.6) is 0 Å². The minimum atomic E-state index is 0.124. The Morgan fingerprint density at radius 3 is 1.19 bits per heavy atom. The number of hydrogen-bond acceptors (Lipinski definition) is 2. The second-order valence-corrected chi connectivity index (χ2v) is 7.07. The summed E-state index contributed by atoms with van der Waals surface area (Å²) in [5.74, 6) is 0.884. The Labute approximate surface area is 160 Å². The van der Waals surface area contributed by atoms with Gasteiger partial charge in [0.2, 0.25) is 0 Å². The Balaban J connectivity index is 0.000000597. The zero-order valence-electron chi connectivity index (χ0n) is 17.3. The molecular formula is C24H36O2. The van der Waals surface area contributed by atoms with Crippen LogP contribution in [-0.4, -0.2) is 13.2 Å². The van der Waals surface area contributed by atoms with Crippen LogP contribution in [0.3, 0.4) is 0 Å². The minimum absolute atomic E-state index is 0.124. The Hall–Kier alpha value is -1.64. The van der Waals surface area contributed by atoms with Gasteiger partial charge in [0.1, 0.15) is 0 Å². The van der Waals surface area contributed by atoms with Crippen molar-refractivity contribution < 1.29 is 9.47 Å². The maximum absolute atomic E-state index is 6.55. The third kappa shape index (κ3) is 7.72. The molecule has 2 unspecified atom stereocenters. The average molecular weight is 357 g/mol. The summed E-state index contributed by atoms with van der Waals surface area (Å²) in [6.45, 7) is 14.6. The van der Waals surface area contributed by atoms with Crippen LogP contribution < -0.4 is 0 Å². The molecule has 0 radical (unpaired) electrons. The Morgan fingerprint density at radius 1 is 0.615 bits per heavy atom. The fourth-order valence-corrected chi connectivity index (χ4v) is 2.89. The van der Waals surface area contributed by atoms with Gasteiger partial charge in [0, 0.05) is 13.2 Å². The number of benzene rings is 2. The molecule has 2 nitrogen and oxygen atoms in total. The molecule has 0 aliphatic heterocycles. The Kier molecular flexibility index (Phi) is 10.9. The third-order valence-corrected chi connectivity index (χ3v) is 4.17. The van der Waals surface area contributed by atoms with Gasteiger partial charge in [0.25, 0.3) is 0 Å². The van der Waals surface area contributed by atoms with Gasteiger partial charge in [-0.05, 0) is 36.8 Å². The molecule has 26 heavy (non-hydrogen) atoms. The van der Waals surface area contributed by atoms with Crippen LogP contribution in [0, 0.1) is 11.8 Å². The lowest BCUT2D eigenvalue weighted by Crippen LogP contribution is -2.18. The predicted molar refractivity (Wildman–Crippen MR) is 111 cm³/mol. The zero-order valence-corrected chi connectivity index (χ0v) is 17.3. The van der Waals surface area contributed by atoms with E-state index in [0.717, 1.165) is 13.2 Å². The standard InChI is InChI=1S/C20H26O.C4H10O/c1-15(2)19(17-11-7-5-8-12-17)21-20(16(3)4)18-13-9-6-10-14-18;1-3-5-4-2/h5-16,19-20H,1-4H3;3-4H2,1-2H3. The van der Waals surface area contributed by atoms with Crippen molar-refractivity contribution in [1.82, 2.24) is 0 Å². The molecule has 2 atom stereocenters. The molecule has 0 amide bonds. The van der Waals surface area contributed by atoms with Crippen LogP contribution in [0.25, 0.3) is 0 Å². The largest absolute Gasteiger partial charge is 0.382 e.